The maximum atomic E-state index is 3.50. The smallest absolute Gasteiger partial charge is 0.0543 e. The van der Waals surface area contributed by atoms with Crippen molar-refractivity contribution in [2.75, 3.05) is 13.1 Å². The Morgan fingerprint density at radius 2 is 1.38 bits per heavy atom. The van der Waals surface area contributed by atoms with E-state index in [9.17, 15) is 0 Å². The molecule has 0 bridgehead atoms. The second-order valence-electron chi connectivity index (χ2n) is 5.48. The number of nitrogens with one attached hydrogen (secondary N) is 2. The summed E-state index contributed by atoms with van der Waals surface area (Å²) in [6.45, 7) is 6.61. The first-order chi connectivity index (χ1) is 7.74. The molecule has 2 nitrogen and oxygen atoms in total. The Kier molecular flexibility index (Phi) is 4.26. The van der Waals surface area contributed by atoms with Gasteiger partial charge in [-0.15, -0.1) is 0 Å². The maximum absolute atomic E-state index is 3.50. The lowest BCUT2D eigenvalue weighted by Crippen LogP contribution is -2.50. The van der Waals surface area contributed by atoms with Crippen LogP contribution in [-0.4, -0.2) is 19.3 Å². The topological polar surface area (TPSA) is 24.1 Å². The predicted octanol–water partition coefficient (Wildman–Crippen LogP) is 1.97. The summed E-state index contributed by atoms with van der Waals surface area (Å²) in [6, 6.07) is 0. The Bertz CT molecular complexity index is 234. The van der Waals surface area contributed by atoms with Crippen LogP contribution in [-0.2, 0) is 0 Å². The standard InChI is InChI=1S/C14H24N2/c1-11-3-5-13(6-4-11)7-8-14-9-15-12(2)16-10-14/h11-16H,3-6,9-10H2,1-2H3. The molecule has 0 aromatic heterocycles. The zero-order valence-electron chi connectivity index (χ0n) is 10.6. The number of hydrogen-bond donors (Lipinski definition) is 2. The van der Waals surface area contributed by atoms with E-state index in [1.165, 1.54) is 25.7 Å². The molecule has 1 saturated carbocycles. The molecule has 0 aromatic carbocycles. The molecular weight excluding hydrogens is 196 g/mol. The van der Waals surface area contributed by atoms with Gasteiger partial charge in [0.25, 0.3) is 0 Å². The molecule has 16 heavy (non-hydrogen) atoms. The first-order valence-electron chi connectivity index (χ1n) is 6.72. The van der Waals surface area contributed by atoms with E-state index in [2.05, 4.69) is 36.3 Å². The summed E-state index contributed by atoms with van der Waals surface area (Å²) >= 11 is 0. The SMILES string of the molecule is CC1CCC(C#CC2CNC(C)NC2)CC1. The van der Waals surface area contributed by atoms with Gasteiger partial charge in [-0.2, -0.15) is 0 Å². The monoisotopic (exact) mass is 220 g/mol. The summed E-state index contributed by atoms with van der Waals surface area (Å²) in [5.41, 5.74) is 0. The van der Waals surface area contributed by atoms with Gasteiger partial charge in [-0.05, 0) is 38.5 Å². The molecule has 2 aliphatic rings. The third kappa shape index (κ3) is 3.50. The van der Waals surface area contributed by atoms with Crippen molar-refractivity contribution in [2.24, 2.45) is 17.8 Å². The minimum Gasteiger partial charge on any atom is -0.301 e. The highest BCUT2D eigenvalue weighted by Gasteiger charge is 2.17. The van der Waals surface area contributed by atoms with Crippen molar-refractivity contribution in [2.45, 2.75) is 45.7 Å². The van der Waals surface area contributed by atoms with Crippen molar-refractivity contribution >= 4 is 0 Å². The Balaban J connectivity index is 1.76. The molecule has 0 radical (unpaired) electrons. The molecule has 0 unspecified atom stereocenters. The van der Waals surface area contributed by atoms with E-state index >= 15 is 0 Å². The summed E-state index contributed by atoms with van der Waals surface area (Å²) in [5.74, 6) is 9.06. The van der Waals surface area contributed by atoms with Crippen LogP contribution in [0.2, 0.25) is 0 Å². The first kappa shape index (κ1) is 12.0. The predicted molar refractivity (Wildman–Crippen MR) is 67.9 cm³/mol. The van der Waals surface area contributed by atoms with E-state index in [0.29, 0.717) is 18.0 Å². The Hall–Kier alpha value is -0.520. The fourth-order valence-corrected chi connectivity index (χ4v) is 2.52. The van der Waals surface area contributed by atoms with Crippen molar-refractivity contribution < 1.29 is 0 Å². The fraction of sp³-hybridized carbons (Fsp3) is 0.857. The van der Waals surface area contributed by atoms with Crippen LogP contribution in [0.4, 0.5) is 0 Å². The molecule has 1 heterocycles. The van der Waals surface area contributed by atoms with E-state index in [1.54, 1.807) is 0 Å². The molecule has 0 aromatic rings. The van der Waals surface area contributed by atoms with Gasteiger partial charge < -0.3 is 10.6 Å². The highest BCUT2D eigenvalue weighted by molar-refractivity contribution is 5.10. The highest BCUT2D eigenvalue weighted by atomic mass is 15.1. The molecule has 2 rings (SSSR count). The molecule has 2 N–H and O–H groups in total. The summed E-state index contributed by atoms with van der Waals surface area (Å²) < 4.78 is 0. The van der Waals surface area contributed by atoms with E-state index in [-0.39, 0.29) is 0 Å². The van der Waals surface area contributed by atoms with Crippen molar-refractivity contribution in [3.63, 3.8) is 0 Å². The number of rotatable bonds is 0. The van der Waals surface area contributed by atoms with Crippen molar-refractivity contribution in [3.8, 4) is 11.8 Å². The largest absolute Gasteiger partial charge is 0.301 e. The van der Waals surface area contributed by atoms with Crippen LogP contribution in [0.5, 0.6) is 0 Å². The molecule has 2 heteroatoms. The van der Waals surface area contributed by atoms with E-state index in [0.717, 1.165) is 19.0 Å². The zero-order chi connectivity index (χ0) is 11.4. The van der Waals surface area contributed by atoms with Crippen molar-refractivity contribution in [1.82, 2.24) is 10.6 Å². The van der Waals surface area contributed by atoms with E-state index in [4.69, 9.17) is 0 Å². The van der Waals surface area contributed by atoms with Gasteiger partial charge >= 0.3 is 0 Å². The molecule has 0 amide bonds. The van der Waals surface area contributed by atoms with Crippen LogP contribution in [0.3, 0.4) is 0 Å². The van der Waals surface area contributed by atoms with E-state index in [1.807, 2.05) is 0 Å². The van der Waals surface area contributed by atoms with Gasteiger partial charge in [-0.3, -0.25) is 0 Å². The summed E-state index contributed by atoms with van der Waals surface area (Å²) in [6.07, 6.45) is 5.83. The highest BCUT2D eigenvalue weighted by Crippen LogP contribution is 2.27. The van der Waals surface area contributed by atoms with Crippen molar-refractivity contribution in [1.29, 1.82) is 0 Å². The van der Waals surface area contributed by atoms with Crippen LogP contribution >= 0.6 is 0 Å². The molecule has 2 fully saturated rings. The van der Waals surface area contributed by atoms with Gasteiger partial charge in [0.1, 0.15) is 0 Å². The second-order valence-corrected chi connectivity index (χ2v) is 5.48. The Morgan fingerprint density at radius 3 is 2.00 bits per heavy atom. The molecule has 0 atom stereocenters. The second kappa shape index (κ2) is 5.70. The first-order valence-corrected chi connectivity index (χ1v) is 6.72. The summed E-state index contributed by atoms with van der Waals surface area (Å²) in [4.78, 5) is 0. The lowest BCUT2D eigenvalue weighted by molar-refractivity contribution is 0.335. The minimum atomic E-state index is 0.452. The third-order valence-electron chi connectivity index (χ3n) is 3.85. The van der Waals surface area contributed by atoms with Crippen LogP contribution < -0.4 is 10.6 Å². The minimum absolute atomic E-state index is 0.452. The lowest BCUT2D eigenvalue weighted by atomic mass is 9.83. The van der Waals surface area contributed by atoms with Gasteiger partial charge in [-0.25, -0.2) is 0 Å². The molecule has 1 aliphatic carbocycles. The third-order valence-corrected chi connectivity index (χ3v) is 3.85. The van der Waals surface area contributed by atoms with Gasteiger partial charge in [0.2, 0.25) is 0 Å². The van der Waals surface area contributed by atoms with Crippen LogP contribution in [0.15, 0.2) is 0 Å². The van der Waals surface area contributed by atoms with Gasteiger partial charge in [0.05, 0.1) is 6.17 Å². The quantitative estimate of drug-likeness (QED) is 0.610. The zero-order valence-corrected chi connectivity index (χ0v) is 10.6. The number of hydrogen-bond acceptors (Lipinski definition) is 2. The van der Waals surface area contributed by atoms with E-state index < -0.39 is 0 Å². The molecular formula is C14H24N2. The van der Waals surface area contributed by atoms with Crippen LogP contribution in [0.1, 0.15) is 39.5 Å². The van der Waals surface area contributed by atoms with Crippen LogP contribution in [0, 0.1) is 29.6 Å². The summed E-state index contributed by atoms with van der Waals surface area (Å²) in [5, 5.41) is 6.83. The fourth-order valence-electron chi connectivity index (χ4n) is 2.52. The maximum Gasteiger partial charge on any atom is 0.0543 e. The lowest BCUT2D eigenvalue weighted by Gasteiger charge is -2.26. The Morgan fingerprint density at radius 1 is 0.812 bits per heavy atom. The molecule has 90 valence electrons. The Labute approximate surface area is 99.6 Å². The van der Waals surface area contributed by atoms with Gasteiger partial charge in [-0.1, -0.05) is 18.8 Å². The average Bonchev–Trinajstić information content (AvgIpc) is 2.30. The molecule has 1 saturated heterocycles. The molecule has 0 spiro atoms. The average molecular weight is 220 g/mol. The summed E-state index contributed by atoms with van der Waals surface area (Å²) in [7, 11) is 0. The van der Waals surface area contributed by atoms with Gasteiger partial charge in [0, 0.05) is 24.9 Å². The van der Waals surface area contributed by atoms with Crippen molar-refractivity contribution in [3.05, 3.63) is 0 Å². The normalized spacial score (nSPS) is 39.9. The molecule has 1 aliphatic heterocycles. The van der Waals surface area contributed by atoms with Gasteiger partial charge in [0.15, 0.2) is 0 Å². The van der Waals surface area contributed by atoms with Crippen LogP contribution in [0.25, 0.3) is 0 Å².